The maximum Gasteiger partial charge on any atom is 0.137 e. The Morgan fingerprint density at radius 3 is 2.45 bits per heavy atom. The van der Waals surface area contributed by atoms with E-state index in [1.807, 2.05) is 24.3 Å². The van der Waals surface area contributed by atoms with Gasteiger partial charge in [-0.15, -0.1) is 0 Å². The van der Waals surface area contributed by atoms with Gasteiger partial charge in [0.05, 0.1) is 0 Å². The summed E-state index contributed by atoms with van der Waals surface area (Å²) in [6.45, 7) is 0. The van der Waals surface area contributed by atoms with Gasteiger partial charge in [0.1, 0.15) is 17.9 Å². The second kappa shape index (κ2) is 6.75. The molecule has 0 N–H and O–H groups in total. The number of aldehydes is 1. The van der Waals surface area contributed by atoms with Crippen molar-refractivity contribution in [1.29, 1.82) is 0 Å². The molecule has 20 heavy (non-hydrogen) atoms. The van der Waals surface area contributed by atoms with E-state index in [9.17, 15) is 14.0 Å². The Labute approximate surface area is 117 Å². The summed E-state index contributed by atoms with van der Waals surface area (Å²) in [6.07, 6.45) is 1.57. The second-order valence-electron chi connectivity index (χ2n) is 4.58. The lowest BCUT2D eigenvalue weighted by atomic mass is 9.95. The smallest absolute Gasteiger partial charge is 0.137 e. The molecule has 0 aliphatic rings. The van der Waals surface area contributed by atoms with E-state index in [4.69, 9.17) is 0 Å². The van der Waals surface area contributed by atoms with Crippen LogP contribution in [0.1, 0.15) is 18.4 Å². The summed E-state index contributed by atoms with van der Waals surface area (Å²) in [5, 5.41) is 0. The first-order valence-electron chi connectivity index (χ1n) is 6.50. The predicted molar refractivity (Wildman–Crippen MR) is 75.8 cm³/mol. The summed E-state index contributed by atoms with van der Waals surface area (Å²) in [5.41, 5.74) is 2.70. The molecule has 2 aromatic rings. The zero-order valence-corrected chi connectivity index (χ0v) is 11.0. The molecule has 2 rings (SSSR count). The number of rotatable bonds is 6. The van der Waals surface area contributed by atoms with Crippen LogP contribution >= 0.6 is 0 Å². The van der Waals surface area contributed by atoms with Crippen LogP contribution in [0.25, 0.3) is 11.1 Å². The topological polar surface area (TPSA) is 34.1 Å². The molecule has 0 heterocycles. The minimum absolute atomic E-state index is 0.0339. The van der Waals surface area contributed by atoms with E-state index in [0.29, 0.717) is 6.42 Å². The number of benzene rings is 2. The molecule has 0 saturated heterocycles. The number of carbonyl (C=O) groups excluding carboxylic acids is 2. The van der Waals surface area contributed by atoms with Crippen LogP contribution in [-0.2, 0) is 16.0 Å². The predicted octanol–water partition coefficient (Wildman–Crippen LogP) is 3.58. The molecule has 102 valence electrons. The summed E-state index contributed by atoms with van der Waals surface area (Å²) in [7, 11) is 0. The molecule has 0 unspecified atom stereocenters. The molecule has 0 aliphatic carbocycles. The van der Waals surface area contributed by atoms with Gasteiger partial charge in [-0.25, -0.2) is 4.39 Å². The standard InChI is InChI=1S/C17H15FO2/c18-15-9-7-13(8-10-15)17-6-2-1-4-14(17)12-16(20)5-3-11-19/h1-2,4,6-11H,3,5,12H2. The van der Waals surface area contributed by atoms with E-state index in [2.05, 4.69) is 0 Å². The Bertz CT molecular complexity index is 603. The van der Waals surface area contributed by atoms with Crippen molar-refractivity contribution < 1.29 is 14.0 Å². The largest absolute Gasteiger partial charge is 0.303 e. The third kappa shape index (κ3) is 3.60. The lowest BCUT2D eigenvalue weighted by molar-refractivity contribution is -0.120. The first-order valence-corrected chi connectivity index (χ1v) is 6.50. The minimum Gasteiger partial charge on any atom is -0.303 e. The summed E-state index contributed by atoms with van der Waals surface area (Å²) < 4.78 is 13.0. The van der Waals surface area contributed by atoms with Crippen LogP contribution < -0.4 is 0 Å². The van der Waals surface area contributed by atoms with Crippen LogP contribution in [0, 0.1) is 5.82 Å². The molecule has 0 radical (unpaired) electrons. The van der Waals surface area contributed by atoms with Gasteiger partial charge in [0.2, 0.25) is 0 Å². The highest BCUT2D eigenvalue weighted by atomic mass is 19.1. The monoisotopic (exact) mass is 270 g/mol. The highest BCUT2D eigenvalue weighted by Crippen LogP contribution is 2.24. The van der Waals surface area contributed by atoms with Gasteiger partial charge >= 0.3 is 0 Å². The molecule has 0 aromatic heterocycles. The first-order chi connectivity index (χ1) is 9.70. The molecule has 0 bridgehead atoms. The van der Waals surface area contributed by atoms with Crippen LogP contribution in [0.3, 0.4) is 0 Å². The van der Waals surface area contributed by atoms with Crippen molar-refractivity contribution in [2.45, 2.75) is 19.3 Å². The van der Waals surface area contributed by atoms with E-state index in [1.54, 1.807) is 12.1 Å². The molecule has 2 nitrogen and oxygen atoms in total. The summed E-state index contributed by atoms with van der Waals surface area (Å²) in [6, 6.07) is 13.8. The zero-order valence-electron chi connectivity index (χ0n) is 11.0. The van der Waals surface area contributed by atoms with Gasteiger partial charge < -0.3 is 4.79 Å². The van der Waals surface area contributed by atoms with Gasteiger partial charge in [0, 0.05) is 19.3 Å². The molecule has 3 heteroatoms. The molecule has 2 aromatic carbocycles. The first kappa shape index (κ1) is 14.1. The Balaban J connectivity index is 2.24. The number of hydrogen-bond acceptors (Lipinski definition) is 2. The van der Waals surface area contributed by atoms with Gasteiger partial charge in [0.15, 0.2) is 0 Å². The van der Waals surface area contributed by atoms with Gasteiger partial charge in [-0.3, -0.25) is 4.79 Å². The quantitative estimate of drug-likeness (QED) is 0.752. The highest BCUT2D eigenvalue weighted by molar-refractivity contribution is 5.85. The Morgan fingerprint density at radius 2 is 1.75 bits per heavy atom. The molecule has 0 spiro atoms. The second-order valence-corrected chi connectivity index (χ2v) is 4.58. The van der Waals surface area contributed by atoms with Gasteiger partial charge in [-0.05, 0) is 28.8 Å². The Kier molecular flexibility index (Phi) is 4.77. The average molecular weight is 270 g/mol. The highest BCUT2D eigenvalue weighted by Gasteiger charge is 2.09. The lowest BCUT2D eigenvalue weighted by Crippen LogP contribution is -2.04. The number of carbonyl (C=O) groups is 2. The summed E-state index contributed by atoms with van der Waals surface area (Å²) >= 11 is 0. The molecule has 0 saturated carbocycles. The van der Waals surface area contributed by atoms with Crippen LogP contribution in [0.4, 0.5) is 4.39 Å². The van der Waals surface area contributed by atoms with Crippen molar-refractivity contribution in [3.63, 3.8) is 0 Å². The number of ketones is 1. The molecule has 0 amide bonds. The van der Waals surface area contributed by atoms with Crippen LogP contribution in [0.5, 0.6) is 0 Å². The SMILES string of the molecule is O=CCCC(=O)Cc1ccccc1-c1ccc(F)cc1. The third-order valence-corrected chi connectivity index (χ3v) is 3.10. The number of Topliss-reactive ketones (excluding diaryl/α,β-unsaturated/α-hetero) is 1. The number of hydrogen-bond donors (Lipinski definition) is 0. The molecule has 0 aliphatic heterocycles. The van der Waals surface area contributed by atoms with Crippen molar-refractivity contribution in [2.24, 2.45) is 0 Å². The maximum absolute atomic E-state index is 13.0. The fourth-order valence-corrected chi connectivity index (χ4v) is 2.11. The van der Waals surface area contributed by atoms with Gasteiger partial charge in [-0.2, -0.15) is 0 Å². The van der Waals surface area contributed by atoms with Crippen LogP contribution in [0.15, 0.2) is 48.5 Å². The van der Waals surface area contributed by atoms with Crippen LogP contribution in [-0.4, -0.2) is 12.1 Å². The van der Waals surface area contributed by atoms with E-state index >= 15 is 0 Å². The third-order valence-electron chi connectivity index (χ3n) is 3.10. The molecule has 0 fully saturated rings. The molecular weight excluding hydrogens is 255 g/mol. The van der Waals surface area contributed by atoms with Crippen molar-refractivity contribution in [3.05, 3.63) is 59.9 Å². The normalized spacial score (nSPS) is 10.2. The maximum atomic E-state index is 13.0. The minimum atomic E-state index is -0.284. The van der Waals surface area contributed by atoms with Crippen molar-refractivity contribution in [2.75, 3.05) is 0 Å². The van der Waals surface area contributed by atoms with E-state index in [0.717, 1.165) is 23.0 Å². The van der Waals surface area contributed by atoms with Crippen molar-refractivity contribution in [1.82, 2.24) is 0 Å². The zero-order chi connectivity index (χ0) is 14.4. The summed E-state index contributed by atoms with van der Waals surface area (Å²) in [4.78, 5) is 22.1. The number of halogens is 1. The molecule has 0 atom stereocenters. The lowest BCUT2D eigenvalue weighted by Gasteiger charge is -2.09. The average Bonchev–Trinajstić information content (AvgIpc) is 2.47. The van der Waals surface area contributed by atoms with Gasteiger partial charge in [-0.1, -0.05) is 36.4 Å². The Morgan fingerprint density at radius 1 is 1.05 bits per heavy atom. The van der Waals surface area contributed by atoms with E-state index < -0.39 is 0 Å². The van der Waals surface area contributed by atoms with E-state index in [-0.39, 0.29) is 24.4 Å². The van der Waals surface area contributed by atoms with Crippen molar-refractivity contribution in [3.8, 4) is 11.1 Å². The molecular formula is C17H15FO2. The van der Waals surface area contributed by atoms with Gasteiger partial charge in [0.25, 0.3) is 0 Å². The Hall–Kier alpha value is -2.29. The van der Waals surface area contributed by atoms with Crippen LogP contribution in [0.2, 0.25) is 0 Å². The fraction of sp³-hybridized carbons (Fsp3) is 0.176. The summed E-state index contributed by atoms with van der Waals surface area (Å²) in [5.74, 6) is -0.250. The van der Waals surface area contributed by atoms with Crippen molar-refractivity contribution >= 4 is 12.1 Å². The van der Waals surface area contributed by atoms with E-state index in [1.165, 1.54) is 12.1 Å². The fourth-order valence-electron chi connectivity index (χ4n) is 2.11.